The lowest BCUT2D eigenvalue weighted by Gasteiger charge is -2.15. The van der Waals surface area contributed by atoms with E-state index < -0.39 is 0 Å². The van der Waals surface area contributed by atoms with Crippen LogP contribution >= 0.6 is 24.0 Å². The van der Waals surface area contributed by atoms with E-state index >= 15 is 0 Å². The lowest BCUT2D eigenvalue weighted by molar-refractivity contribution is 0.0951. The van der Waals surface area contributed by atoms with Gasteiger partial charge in [0.1, 0.15) is 5.75 Å². The number of fused-ring (bicyclic) bond motifs is 1. The van der Waals surface area contributed by atoms with E-state index in [2.05, 4.69) is 21.7 Å². The van der Waals surface area contributed by atoms with E-state index in [0.29, 0.717) is 23.7 Å². The number of rotatable bonds is 6. The Labute approximate surface area is 164 Å². The summed E-state index contributed by atoms with van der Waals surface area (Å²) >= 11 is 6.34. The molecule has 140 valence electrons. The second-order valence-corrected chi connectivity index (χ2v) is 6.37. The van der Waals surface area contributed by atoms with Gasteiger partial charge in [-0.15, -0.1) is 12.4 Å². The van der Waals surface area contributed by atoms with Gasteiger partial charge in [-0.05, 0) is 56.1 Å². The number of hydrogen-bond acceptors (Lipinski definition) is 4. The van der Waals surface area contributed by atoms with Crippen molar-refractivity contribution in [1.29, 1.82) is 0 Å². The predicted molar refractivity (Wildman–Crippen MR) is 106 cm³/mol. The van der Waals surface area contributed by atoms with Gasteiger partial charge in [-0.25, -0.2) is 0 Å². The number of ether oxygens (including phenoxy) is 1. The van der Waals surface area contributed by atoms with Gasteiger partial charge in [0.05, 0.1) is 11.6 Å². The third kappa shape index (κ3) is 5.34. The van der Waals surface area contributed by atoms with Crippen molar-refractivity contribution in [3.8, 4) is 5.75 Å². The maximum Gasteiger partial charge on any atom is 0.251 e. The Morgan fingerprint density at radius 3 is 2.77 bits per heavy atom. The van der Waals surface area contributed by atoms with Gasteiger partial charge in [0, 0.05) is 30.1 Å². The van der Waals surface area contributed by atoms with Crippen LogP contribution in [-0.2, 0) is 12.8 Å². The van der Waals surface area contributed by atoms with Gasteiger partial charge >= 0.3 is 0 Å². The quantitative estimate of drug-likeness (QED) is 0.737. The van der Waals surface area contributed by atoms with Gasteiger partial charge in [0.15, 0.2) is 0 Å². The summed E-state index contributed by atoms with van der Waals surface area (Å²) in [6.07, 6.45) is 5.84. The highest BCUT2D eigenvalue weighted by Gasteiger charge is 2.15. The Kier molecular flexibility index (Phi) is 8.16. The number of benzene rings is 1. The van der Waals surface area contributed by atoms with Crippen LogP contribution in [0.3, 0.4) is 0 Å². The van der Waals surface area contributed by atoms with Gasteiger partial charge in [-0.3, -0.25) is 9.78 Å². The molecule has 1 amide bonds. The maximum absolute atomic E-state index is 12.0. The van der Waals surface area contributed by atoms with Crippen LogP contribution in [0.4, 0.5) is 0 Å². The number of hydrogen-bond donors (Lipinski definition) is 2. The summed E-state index contributed by atoms with van der Waals surface area (Å²) in [7, 11) is 0. The van der Waals surface area contributed by atoms with Crippen molar-refractivity contribution in [2.45, 2.75) is 19.3 Å². The Morgan fingerprint density at radius 2 is 1.96 bits per heavy atom. The maximum atomic E-state index is 12.0. The van der Waals surface area contributed by atoms with E-state index in [4.69, 9.17) is 16.3 Å². The summed E-state index contributed by atoms with van der Waals surface area (Å²) in [5, 5.41) is 6.93. The summed E-state index contributed by atoms with van der Waals surface area (Å²) < 4.78 is 5.96. The highest BCUT2D eigenvalue weighted by molar-refractivity contribution is 6.32. The molecule has 0 spiro atoms. The largest absolute Gasteiger partial charge is 0.492 e. The van der Waals surface area contributed by atoms with Gasteiger partial charge < -0.3 is 15.4 Å². The molecule has 0 radical (unpaired) electrons. The van der Waals surface area contributed by atoms with Crippen LogP contribution in [0.1, 0.15) is 27.9 Å². The molecular weight excluding hydrogens is 373 g/mol. The number of nitrogens with zero attached hydrogens (tertiary/aromatic N) is 1. The molecule has 3 rings (SSSR count). The second kappa shape index (κ2) is 10.4. The highest BCUT2D eigenvalue weighted by atomic mass is 35.5. The SMILES string of the molecule is Cl.O=C(NCCCOc1c(Cl)ccc2c1CCNCC2)c1ccncc1. The Morgan fingerprint density at radius 1 is 1.19 bits per heavy atom. The molecule has 2 heterocycles. The average Bonchev–Trinajstić information content (AvgIpc) is 2.89. The predicted octanol–water partition coefficient (Wildman–Crippen LogP) is 3.04. The molecule has 7 heteroatoms. The minimum atomic E-state index is -0.0971. The first kappa shape index (κ1) is 20.5. The molecule has 0 fully saturated rings. The molecule has 0 saturated carbocycles. The first-order valence-corrected chi connectivity index (χ1v) is 8.95. The lowest BCUT2D eigenvalue weighted by atomic mass is 10.0. The van der Waals surface area contributed by atoms with Gasteiger partial charge in [-0.2, -0.15) is 0 Å². The van der Waals surface area contributed by atoms with Crippen LogP contribution in [0.5, 0.6) is 5.75 Å². The molecule has 26 heavy (non-hydrogen) atoms. The fraction of sp³-hybridized carbons (Fsp3) is 0.368. The first-order valence-electron chi connectivity index (χ1n) is 8.57. The molecule has 5 nitrogen and oxygen atoms in total. The fourth-order valence-corrected chi connectivity index (χ4v) is 3.15. The summed E-state index contributed by atoms with van der Waals surface area (Å²) in [6.45, 7) is 2.98. The number of pyridine rings is 1. The minimum absolute atomic E-state index is 0. The third-order valence-electron chi connectivity index (χ3n) is 4.23. The van der Waals surface area contributed by atoms with E-state index in [1.54, 1.807) is 24.5 Å². The zero-order chi connectivity index (χ0) is 17.5. The molecule has 0 aliphatic carbocycles. The number of halogens is 2. The van der Waals surface area contributed by atoms with E-state index in [-0.39, 0.29) is 18.3 Å². The van der Waals surface area contributed by atoms with Crippen molar-refractivity contribution in [1.82, 2.24) is 15.6 Å². The summed E-state index contributed by atoms with van der Waals surface area (Å²) in [4.78, 5) is 15.9. The number of carbonyl (C=O) groups excluding carboxylic acids is 1. The summed E-state index contributed by atoms with van der Waals surface area (Å²) in [6, 6.07) is 7.39. The van der Waals surface area contributed by atoms with Crippen LogP contribution in [0.25, 0.3) is 0 Å². The normalized spacial score (nSPS) is 13.1. The Balaban J connectivity index is 0.00000243. The van der Waals surface area contributed by atoms with Crippen LogP contribution in [0.15, 0.2) is 36.7 Å². The van der Waals surface area contributed by atoms with Crippen molar-refractivity contribution in [2.24, 2.45) is 0 Å². The highest BCUT2D eigenvalue weighted by Crippen LogP contribution is 2.33. The zero-order valence-electron chi connectivity index (χ0n) is 14.5. The van der Waals surface area contributed by atoms with Crippen LogP contribution < -0.4 is 15.4 Å². The van der Waals surface area contributed by atoms with Crippen molar-refractivity contribution in [3.63, 3.8) is 0 Å². The number of amides is 1. The molecule has 1 aliphatic rings. The van der Waals surface area contributed by atoms with Crippen LogP contribution in [0.2, 0.25) is 5.02 Å². The van der Waals surface area contributed by atoms with E-state index in [1.807, 2.05) is 6.07 Å². The summed E-state index contributed by atoms with van der Waals surface area (Å²) in [5.74, 6) is 0.698. The molecule has 2 N–H and O–H groups in total. The molecule has 0 unspecified atom stereocenters. The molecule has 1 aliphatic heterocycles. The lowest BCUT2D eigenvalue weighted by Crippen LogP contribution is -2.25. The molecule has 0 bridgehead atoms. The Hall–Kier alpha value is -1.82. The molecule has 0 atom stereocenters. The van der Waals surface area contributed by atoms with Gasteiger partial charge in [-0.1, -0.05) is 17.7 Å². The molecule has 1 aromatic heterocycles. The monoisotopic (exact) mass is 395 g/mol. The summed E-state index contributed by atoms with van der Waals surface area (Å²) in [5.41, 5.74) is 3.12. The van der Waals surface area contributed by atoms with Crippen LogP contribution in [0, 0.1) is 0 Å². The van der Waals surface area contributed by atoms with Gasteiger partial charge in [0.25, 0.3) is 5.91 Å². The number of nitrogens with one attached hydrogen (secondary N) is 2. The molecule has 2 aromatic rings. The van der Waals surface area contributed by atoms with Crippen LogP contribution in [-0.4, -0.2) is 37.1 Å². The van der Waals surface area contributed by atoms with Crippen molar-refractivity contribution >= 4 is 29.9 Å². The minimum Gasteiger partial charge on any atom is -0.492 e. The fourth-order valence-electron chi connectivity index (χ4n) is 2.92. The molecular formula is C19H23Cl2N3O2. The second-order valence-electron chi connectivity index (χ2n) is 5.96. The smallest absolute Gasteiger partial charge is 0.251 e. The number of carbonyl (C=O) groups is 1. The van der Waals surface area contributed by atoms with Crippen molar-refractivity contribution in [2.75, 3.05) is 26.2 Å². The number of aromatic nitrogens is 1. The van der Waals surface area contributed by atoms with Gasteiger partial charge in [0.2, 0.25) is 0 Å². The topological polar surface area (TPSA) is 63.2 Å². The Bertz CT molecular complexity index is 726. The molecule has 1 aromatic carbocycles. The van der Waals surface area contributed by atoms with Crippen molar-refractivity contribution in [3.05, 3.63) is 58.4 Å². The van der Waals surface area contributed by atoms with E-state index in [9.17, 15) is 4.79 Å². The average molecular weight is 396 g/mol. The standard InChI is InChI=1S/C19H22ClN3O2.ClH/c20-17-3-2-14-4-9-22-12-7-16(14)18(17)25-13-1-8-23-19(24)15-5-10-21-11-6-15;/h2-3,5-6,10-11,22H,1,4,7-9,12-13H2,(H,23,24);1H. The molecule has 0 saturated heterocycles. The first-order chi connectivity index (χ1) is 12.3. The van der Waals surface area contributed by atoms with E-state index in [0.717, 1.165) is 38.1 Å². The van der Waals surface area contributed by atoms with Crippen molar-refractivity contribution < 1.29 is 9.53 Å². The van der Waals surface area contributed by atoms with E-state index in [1.165, 1.54) is 11.1 Å². The zero-order valence-corrected chi connectivity index (χ0v) is 16.0. The third-order valence-corrected chi connectivity index (χ3v) is 4.53.